The maximum absolute atomic E-state index is 11.1. The first-order valence-corrected chi connectivity index (χ1v) is 9.36. The van der Waals surface area contributed by atoms with E-state index in [0.717, 1.165) is 22.2 Å². The number of ether oxygens (including phenoxy) is 1. The smallest absolute Gasteiger partial charge is 0.296 e. The molecule has 136 valence electrons. The van der Waals surface area contributed by atoms with Gasteiger partial charge in [0.2, 0.25) is 0 Å². The Balaban J connectivity index is 1.81. The molecule has 1 heterocycles. The van der Waals surface area contributed by atoms with Gasteiger partial charge in [-0.05, 0) is 36.8 Å². The third-order valence-electron chi connectivity index (χ3n) is 3.87. The average molecular weight is 373 g/mol. The molecule has 0 saturated heterocycles. The number of fused-ring (bicyclic) bond motifs is 1. The molecular formula is C17H19N5O3S. The molecule has 0 fully saturated rings. The van der Waals surface area contributed by atoms with Crippen LogP contribution in [-0.4, -0.2) is 25.5 Å². The van der Waals surface area contributed by atoms with E-state index in [1.54, 1.807) is 19.2 Å². The molecule has 0 radical (unpaired) electrons. The summed E-state index contributed by atoms with van der Waals surface area (Å²) >= 11 is 0. The van der Waals surface area contributed by atoms with Gasteiger partial charge in [0, 0.05) is 23.2 Å². The monoisotopic (exact) mass is 373 g/mol. The van der Waals surface area contributed by atoms with Crippen molar-refractivity contribution in [3.05, 3.63) is 54.4 Å². The quantitative estimate of drug-likeness (QED) is 0.610. The van der Waals surface area contributed by atoms with Gasteiger partial charge in [0.25, 0.3) is 10.2 Å². The lowest BCUT2D eigenvalue weighted by atomic mass is 10.1. The SMILES string of the molecule is COc1ccc2c(NC(C)c3ccc(NS(N)(=O)=O)cc3)ncnc2c1. The third-order valence-corrected chi connectivity index (χ3v) is 4.39. The first-order chi connectivity index (χ1) is 12.4. The molecule has 1 unspecified atom stereocenters. The zero-order valence-electron chi connectivity index (χ0n) is 14.3. The molecule has 1 atom stereocenters. The third kappa shape index (κ3) is 4.19. The minimum Gasteiger partial charge on any atom is -0.497 e. The zero-order valence-corrected chi connectivity index (χ0v) is 15.1. The van der Waals surface area contributed by atoms with Crippen LogP contribution < -0.4 is 19.9 Å². The fourth-order valence-electron chi connectivity index (χ4n) is 2.57. The van der Waals surface area contributed by atoms with Crippen molar-refractivity contribution in [1.29, 1.82) is 0 Å². The highest BCUT2D eigenvalue weighted by molar-refractivity contribution is 7.90. The van der Waals surface area contributed by atoms with E-state index in [2.05, 4.69) is 20.0 Å². The van der Waals surface area contributed by atoms with Crippen LogP contribution in [0.5, 0.6) is 5.75 Å². The second-order valence-electron chi connectivity index (χ2n) is 5.74. The van der Waals surface area contributed by atoms with Gasteiger partial charge in [-0.15, -0.1) is 0 Å². The molecule has 0 aliphatic rings. The predicted molar refractivity (Wildman–Crippen MR) is 101 cm³/mol. The Morgan fingerprint density at radius 2 is 1.85 bits per heavy atom. The molecule has 0 amide bonds. The van der Waals surface area contributed by atoms with Crippen LogP contribution in [0.25, 0.3) is 10.9 Å². The topological polar surface area (TPSA) is 119 Å². The summed E-state index contributed by atoms with van der Waals surface area (Å²) in [4.78, 5) is 8.59. The van der Waals surface area contributed by atoms with Gasteiger partial charge in [0.15, 0.2) is 0 Å². The minimum atomic E-state index is -3.78. The van der Waals surface area contributed by atoms with Crippen molar-refractivity contribution in [2.75, 3.05) is 17.1 Å². The largest absolute Gasteiger partial charge is 0.497 e. The fourth-order valence-corrected chi connectivity index (χ4v) is 3.04. The number of nitrogens with zero attached hydrogens (tertiary/aromatic N) is 2. The summed E-state index contributed by atoms with van der Waals surface area (Å²) in [5.41, 5.74) is 2.15. The van der Waals surface area contributed by atoms with Crippen LogP contribution >= 0.6 is 0 Å². The second-order valence-corrected chi connectivity index (χ2v) is 7.03. The van der Waals surface area contributed by atoms with Crippen molar-refractivity contribution in [1.82, 2.24) is 9.97 Å². The van der Waals surface area contributed by atoms with Gasteiger partial charge < -0.3 is 10.1 Å². The lowest BCUT2D eigenvalue weighted by Crippen LogP contribution is -2.21. The van der Waals surface area contributed by atoms with Crippen molar-refractivity contribution in [3.8, 4) is 5.75 Å². The van der Waals surface area contributed by atoms with Gasteiger partial charge in [-0.2, -0.15) is 8.42 Å². The maximum atomic E-state index is 11.1. The van der Waals surface area contributed by atoms with Gasteiger partial charge in [0.05, 0.1) is 12.6 Å². The van der Waals surface area contributed by atoms with Crippen molar-refractivity contribution < 1.29 is 13.2 Å². The summed E-state index contributed by atoms with van der Waals surface area (Å²) in [6, 6.07) is 12.5. The fraction of sp³-hybridized carbons (Fsp3) is 0.176. The highest BCUT2D eigenvalue weighted by atomic mass is 32.2. The molecule has 3 rings (SSSR count). The van der Waals surface area contributed by atoms with Crippen molar-refractivity contribution in [3.63, 3.8) is 0 Å². The van der Waals surface area contributed by atoms with E-state index in [4.69, 9.17) is 9.88 Å². The van der Waals surface area contributed by atoms with Gasteiger partial charge in [-0.25, -0.2) is 15.1 Å². The van der Waals surface area contributed by atoms with E-state index in [0.29, 0.717) is 11.5 Å². The Morgan fingerprint density at radius 3 is 2.50 bits per heavy atom. The number of hydrogen-bond donors (Lipinski definition) is 3. The Labute approximate surface area is 151 Å². The van der Waals surface area contributed by atoms with Crippen LogP contribution in [0.1, 0.15) is 18.5 Å². The van der Waals surface area contributed by atoms with Gasteiger partial charge in [-0.1, -0.05) is 12.1 Å². The Bertz CT molecular complexity index is 1020. The highest BCUT2D eigenvalue weighted by Crippen LogP contribution is 2.27. The van der Waals surface area contributed by atoms with Crippen molar-refractivity contribution >= 4 is 32.6 Å². The van der Waals surface area contributed by atoms with Crippen LogP contribution in [0, 0.1) is 0 Å². The summed E-state index contributed by atoms with van der Waals surface area (Å²) in [6.07, 6.45) is 1.50. The Hall–Kier alpha value is -2.91. The number of aromatic nitrogens is 2. The normalized spacial score (nSPS) is 12.6. The maximum Gasteiger partial charge on any atom is 0.296 e. The van der Waals surface area contributed by atoms with Gasteiger partial charge in [-0.3, -0.25) is 4.72 Å². The van der Waals surface area contributed by atoms with Crippen LogP contribution in [0.4, 0.5) is 11.5 Å². The van der Waals surface area contributed by atoms with E-state index >= 15 is 0 Å². The number of nitrogens with one attached hydrogen (secondary N) is 2. The summed E-state index contributed by atoms with van der Waals surface area (Å²) in [5.74, 6) is 1.44. The van der Waals surface area contributed by atoms with Crippen molar-refractivity contribution in [2.45, 2.75) is 13.0 Å². The van der Waals surface area contributed by atoms with E-state index in [1.165, 1.54) is 6.33 Å². The Kier molecular flexibility index (Phi) is 4.92. The van der Waals surface area contributed by atoms with E-state index in [-0.39, 0.29) is 6.04 Å². The molecule has 0 aliphatic heterocycles. The van der Waals surface area contributed by atoms with E-state index in [1.807, 2.05) is 37.3 Å². The summed E-state index contributed by atoms with van der Waals surface area (Å²) < 4.78 is 29.6. The summed E-state index contributed by atoms with van der Waals surface area (Å²) in [6.45, 7) is 1.99. The van der Waals surface area contributed by atoms with Crippen molar-refractivity contribution in [2.24, 2.45) is 5.14 Å². The molecule has 0 saturated carbocycles. The van der Waals surface area contributed by atoms with E-state index in [9.17, 15) is 8.42 Å². The summed E-state index contributed by atoms with van der Waals surface area (Å²) in [5, 5.41) is 9.20. The van der Waals surface area contributed by atoms with E-state index < -0.39 is 10.2 Å². The lowest BCUT2D eigenvalue weighted by molar-refractivity contribution is 0.415. The minimum absolute atomic E-state index is 0.0567. The highest BCUT2D eigenvalue weighted by Gasteiger charge is 2.11. The molecule has 4 N–H and O–H groups in total. The number of anilines is 2. The van der Waals surface area contributed by atoms with Crippen LogP contribution in [0.15, 0.2) is 48.8 Å². The number of rotatable bonds is 6. The molecule has 0 spiro atoms. The molecular weight excluding hydrogens is 354 g/mol. The van der Waals surface area contributed by atoms with Gasteiger partial charge in [0.1, 0.15) is 17.9 Å². The molecule has 0 bridgehead atoms. The first-order valence-electron chi connectivity index (χ1n) is 7.81. The second kappa shape index (κ2) is 7.14. The number of hydrogen-bond acceptors (Lipinski definition) is 6. The number of nitrogens with two attached hydrogens (primary N) is 1. The summed E-state index contributed by atoms with van der Waals surface area (Å²) in [7, 11) is -2.17. The van der Waals surface area contributed by atoms with Crippen LogP contribution in [-0.2, 0) is 10.2 Å². The standard InChI is InChI=1S/C17H19N5O3S/c1-11(12-3-5-13(6-4-12)22-26(18,23)24)21-17-15-8-7-14(25-2)9-16(15)19-10-20-17/h3-11,22H,1-2H3,(H2,18,23,24)(H,19,20,21). The first kappa shape index (κ1) is 17.9. The zero-order chi connectivity index (χ0) is 18.7. The number of benzene rings is 2. The molecule has 26 heavy (non-hydrogen) atoms. The van der Waals surface area contributed by atoms with Gasteiger partial charge >= 0.3 is 0 Å². The molecule has 8 nitrogen and oxygen atoms in total. The van der Waals surface area contributed by atoms with Crippen LogP contribution in [0.3, 0.4) is 0 Å². The Morgan fingerprint density at radius 1 is 1.12 bits per heavy atom. The molecule has 2 aromatic carbocycles. The van der Waals surface area contributed by atoms with Crippen LogP contribution in [0.2, 0.25) is 0 Å². The number of methoxy groups -OCH3 is 1. The molecule has 0 aliphatic carbocycles. The molecule has 9 heteroatoms. The molecule has 3 aromatic rings. The molecule has 1 aromatic heterocycles. The lowest BCUT2D eigenvalue weighted by Gasteiger charge is -2.17. The predicted octanol–water partition coefficient (Wildman–Crippen LogP) is 2.43. The average Bonchev–Trinajstić information content (AvgIpc) is 2.60.